The van der Waals surface area contributed by atoms with E-state index < -0.39 is 0 Å². The number of nitrogens with one attached hydrogen (secondary N) is 1. The summed E-state index contributed by atoms with van der Waals surface area (Å²) in [6, 6.07) is 14.3. The molecule has 5 heteroatoms. The number of benzene rings is 2. The van der Waals surface area contributed by atoms with Crippen molar-refractivity contribution in [1.82, 2.24) is 9.97 Å². The van der Waals surface area contributed by atoms with Crippen LogP contribution in [0.3, 0.4) is 0 Å². The summed E-state index contributed by atoms with van der Waals surface area (Å²) in [5.41, 5.74) is 6.73. The molecule has 3 N–H and O–H groups in total. The number of nitrogens with two attached hydrogens (primary N) is 1. The first-order valence-corrected chi connectivity index (χ1v) is 6.56. The predicted molar refractivity (Wildman–Crippen MR) is 81.4 cm³/mol. The lowest BCUT2D eigenvalue weighted by Crippen LogP contribution is -2.00. The standard InChI is InChI=1S/C14H11BrN4/c15-12-13(16)17-8-18-14(12)19-11-7-3-5-9-4-1-2-6-10(9)11/h1-8H,(H3,16,17,18,19). The fourth-order valence-electron chi connectivity index (χ4n) is 1.93. The first-order valence-electron chi connectivity index (χ1n) is 5.76. The van der Waals surface area contributed by atoms with E-state index in [1.165, 1.54) is 11.7 Å². The van der Waals surface area contributed by atoms with Crippen LogP contribution in [0.1, 0.15) is 0 Å². The summed E-state index contributed by atoms with van der Waals surface area (Å²) in [5.74, 6) is 1.07. The predicted octanol–water partition coefficient (Wildman–Crippen LogP) is 3.72. The first-order chi connectivity index (χ1) is 9.25. The monoisotopic (exact) mass is 314 g/mol. The second kappa shape index (κ2) is 4.85. The van der Waals surface area contributed by atoms with Gasteiger partial charge in [-0.1, -0.05) is 36.4 Å². The Hall–Kier alpha value is -2.14. The quantitative estimate of drug-likeness (QED) is 0.756. The maximum Gasteiger partial charge on any atom is 0.150 e. The van der Waals surface area contributed by atoms with E-state index in [2.05, 4.69) is 49.4 Å². The molecule has 0 bridgehead atoms. The number of hydrogen-bond donors (Lipinski definition) is 2. The molecule has 0 radical (unpaired) electrons. The molecule has 0 amide bonds. The van der Waals surface area contributed by atoms with Crippen LogP contribution in [0.25, 0.3) is 10.8 Å². The zero-order chi connectivity index (χ0) is 13.2. The highest BCUT2D eigenvalue weighted by Crippen LogP contribution is 2.30. The van der Waals surface area contributed by atoms with Crippen molar-refractivity contribution in [3.63, 3.8) is 0 Å². The Balaban J connectivity index is 2.09. The summed E-state index contributed by atoms with van der Waals surface area (Å²) in [7, 11) is 0. The molecule has 0 aliphatic heterocycles. The van der Waals surface area contributed by atoms with Crippen LogP contribution in [0, 0.1) is 0 Å². The van der Waals surface area contributed by atoms with Crippen molar-refractivity contribution in [1.29, 1.82) is 0 Å². The van der Waals surface area contributed by atoms with Gasteiger partial charge in [-0.2, -0.15) is 0 Å². The molecule has 2 aromatic carbocycles. The zero-order valence-electron chi connectivity index (χ0n) is 9.97. The van der Waals surface area contributed by atoms with Crippen molar-refractivity contribution in [2.24, 2.45) is 0 Å². The summed E-state index contributed by atoms with van der Waals surface area (Å²) in [6.07, 6.45) is 1.44. The lowest BCUT2D eigenvalue weighted by atomic mass is 10.1. The fourth-order valence-corrected chi connectivity index (χ4v) is 2.24. The van der Waals surface area contributed by atoms with Gasteiger partial charge in [0.15, 0.2) is 0 Å². The van der Waals surface area contributed by atoms with Gasteiger partial charge in [-0.3, -0.25) is 0 Å². The minimum atomic E-state index is 0.415. The van der Waals surface area contributed by atoms with Gasteiger partial charge in [0, 0.05) is 11.1 Å². The molecule has 19 heavy (non-hydrogen) atoms. The molecule has 0 saturated heterocycles. The van der Waals surface area contributed by atoms with Gasteiger partial charge < -0.3 is 11.1 Å². The van der Waals surface area contributed by atoms with Gasteiger partial charge in [0.05, 0.1) is 0 Å². The van der Waals surface area contributed by atoms with E-state index >= 15 is 0 Å². The van der Waals surface area contributed by atoms with Gasteiger partial charge in [0.2, 0.25) is 0 Å². The van der Waals surface area contributed by atoms with E-state index in [1.54, 1.807) is 0 Å². The van der Waals surface area contributed by atoms with Gasteiger partial charge in [0.1, 0.15) is 22.4 Å². The van der Waals surface area contributed by atoms with Crippen molar-refractivity contribution in [3.05, 3.63) is 53.3 Å². The van der Waals surface area contributed by atoms with Crippen LogP contribution in [0.5, 0.6) is 0 Å². The first kappa shape index (κ1) is 11.9. The van der Waals surface area contributed by atoms with Crippen molar-refractivity contribution in [2.75, 3.05) is 11.1 Å². The Labute approximate surface area is 118 Å². The average molecular weight is 315 g/mol. The molecular weight excluding hydrogens is 304 g/mol. The van der Waals surface area contributed by atoms with Gasteiger partial charge in [-0.25, -0.2) is 9.97 Å². The summed E-state index contributed by atoms with van der Waals surface area (Å²) in [4.78, 5) is 8.12. The number of rotatable bonds is 2. The Morgan fingerprint density at radius 3 is 2.68 bits per heavy atom. The van der Waals surface area contributed by atoms with E-state index in [9.17, 15) is 0 Å². The van der Waals surface area contributed by atoms with Crippen LogP contribution in [0.2, 0.25) is 0 Å². The number of hydrogen-bond acceptors (Lipinski definition) is 4. The van der Waals surface area contributed by atoms with Gasteiger partial charge in [0.25, 0.3) is 0 Å². The van der Waals surface area contributed by atoms with E-state index in [0.29, 0.717) is 16.1 Å². The molecule has 3 aromatic rings. The Kier molecular flexibility index (Phi) is 3.05. The molecule has 1 heterocycles. The smallest absolute Gasteiger partial charge is 0.150 e. The third-order valence-corrected chi connectivity index (χ3v) is 3.64. The molecule has 0 spiro atoms. The van der Waals surface area contributed by atoms with Crippen molar-refractivity contribution in [3.8, 4) is 0 Å². The van der Waals surface area contributed by atoms with Crippen LogP contribution in [-0.2, 0) is 0 Å². The third kappa shape index (κ3) is 2.24. The molecule has 0 saturated carbocycles. The molecule has 4 nitrogen and oxygen atoms in total. The van der Waals surface area contributed by atoms with Crippen LogP contribution in [0.4, 0.5) is 17.3 Å². The molecule has 0 unspecified atom stereocenters. The van der Waals surface area contributed by atoms with Crippen LogP contribution in [0.15, 0.2) is 53.3 Å². The molecule has 0 atom stereocenters. The van der Waals surface area contributed by atoms with Crippen molar-refractivity contribution in [2.45, 2.75) is 0 Å². The second-order valence-electron chi connectivity index (χ2n) is 4.07. The number of nitrogen functional groups attached to an aromatic ring is 1. The highest BCUT2D eigenvalue weighted by molar-refractivity contribution is 9.10. The number of fused-ring (bicyclic) bond motifs is 1. The Morgan fingerprint density at radius 1 is 1.00 bits per heavy atom. The molecule has 0 aliphatic carbocycles. The van der Waals surface area contributed by atoms with Gasteiger partial charge in [-0.15, -0.1) is 0 Å². The number of nitrogens with zero attached hydrogens (tertiary/aromatic N) is 2. The normalized spacial score (nSPS) is 10.6. The molecule has 0 fully saturated rings. The Bertz CT molecular complexity index is 737. The highest BCUT2D eigenvalue weighted by atomic mass is 79.9. The lowest BCUT2D eigenvalue weighted by molar-refractivity contribution is 1.16. The molecular formula is C14H11BrN4. The van der Waals surface area contributed by atoms with Crippen molar-refractivity contribution >= 4 is 44.0 Å². The summed E-state index contributed by atoms with van der Waals surface area (Å²) >= 11 is 3.39. The number of anilines is 3. The second-order valence-corrected chi connectivity index (χ2v) is 4.87. The minimum Gasteiger partial charge on any atom is -0.383 e. The lowest BCUT2D eigenvalue weighted by Gasteiger charge is -2.10. The van der Waals surface area contributed by atoms with Gasteiger partial charge >= 0.3 is 0 Å². The molecule has 1 aromatic heterocycles. The molecule has 0 aliphatic rings. The Morgan fingerprint density at radius 2 is 1.79 bits per heavy atom. The van der Waals surface area contributed by atoms with Crippen LogP contribution >= 0.6 is 15.9 Å². The largest absolute Gasteiger partial charge is 0.383 e. The summed E-state index contributed by atoms with van der Waals surface area (Å²) in [6.45, 7) is 0. The summed E-state index contributed by atoms with van der Waals surface area (Å²) < 4.78 is 0.669. The molecule has 94 valence electrons. The minimum absolute atomic E-state index is 0.415. The van der Waals surface area contributed by atoms with E-state index in [-0.39, 0.29) is 0 Å². The van der Waals surface area contributed by atoms with Crippen molar-refractivity contribution < 1.29 is 0 Å². The summed E-state index contributed by atoms with van der Waals surface area (Å²) in [5, 5.41) is 5.58. The number of aromatic nitrogens is 2. The van der Waals surface area contributed by atoms with E-state index in [0.717, 1.165) is 11.1 Å². The SMILES string of the molecule is Nc1ncnc(Nc2cccc3ccccc23)c1Br. The van der Waals surface area contributed by atoms with Crippen LogP contribution in [-0.4, -0.2) is 9.97 Å². The maximum atomic E-state index is 5.75. The number of halogens is 1. The molecule has 3 rings (SSSR count). The fraction of sp³-hybridized carbons (Fsp3) is 0. The highest BCUT2D eigenvalue weighted by Gasteiger charge is 2.07. The maximum absolute atomic E-state index is 5.75. The van der Waals surface area contributed by atoms with E-state index in [4.69, 9.17) is 5.73 Å². The van der Waals surface area contributed by atoms with E-state index in [1.807, 2.05) is 24.3 Å². The topological polar surface area (TPSA) is 63.8 Å². The van der Waals surface area contributed by atoms with Crippen LogP contribution < -0.4 is 11.1 Å². The van der Waals surface area contributed by atoms with Gasteiger partial charge in [-0.05, 0) is 27.4 Å². The third-order valence-electron chi connectivity index (χ3n) is 2.86. The average Bonchev–Trinajstić information content (AvgIpc) is 2.44. The zero-order valence-corrected chi connectivity index (χ0v) is 11.6.